The fourth-order valence-corrected chi connectivity index (χ4v) is 12.2. The number of phosphoric ester groups is 1. The maximum Gasteiger partial charge on any atom is 0.472 e. The van der Waals surface area contributed by atoms with Gasteiger partial charge in [-0.25, -0.2) is 4.57 Å². The van der Waals surface area contributed by atoms with Crippen LogP contribution in [0.5, 0.6) is 0 Å². The van der Waals surface area contributed by atoms with E-state index in [1.165, 1.54) is 238 Å². The predicted octanol–water partition coefficient (Wildman–Crippen LogP) is 26.3. The molecule has 0 aromatic heterocycles. The quantitative estimate of drug-likeness (QED) is 0.0264. The van der Waals surface area contributed by atoms with E-state index in [0.717, 1.165) is 109 Å². The van der Waals surface area contributed by atoms with Gasteiger partial charge in [0.25, 0.3) is 0 Å². The van der Waals surface area contributed by atoms with Gasteiger partial charge in [0.05, 0.1) is 13.2 Å². The highest BCUT2D eigenvalue weighted by molar-refractivity contribution is 7.47. The van der Waals surface area contributed by atoms with Crippen LogP contribution >= 0.6 is 7.82 Å². The van der Waals surface area contributed by atoms with Crippen LogP contribution in [0.15, 0.2) is 97.2 Å². The fraction of sp³-hybridized carbons (Fsp3) is 0.780. The number of hydrogen-bond acceptors (Lipinski definition) is 8. The van der Waals surface area contributed by atoms with E-state index in [-0.39, 0.29) is 38.6 Å². The Balaban J connectivity index is 3.82. The van der Waals surface area contributed by atoms with Gasteiger partial charge in [-0.2, -0.15) is 0 Å². The Labute approximate surface area is 569 Å². The van der Waals surface area contributed by atoms with Gasteiger partial charge < -0.3 is 20.1 Å². The SMILES string of the molecule is CC/C=C\C/C=C\C/C=C\C/C=C\C/C=C\C/C=C\C/C=C\C/C=C\CCCCCCCCC(=O)OC(COC(=O)CCCCCCCCCCCCCCCCCCCCCCCCCCCCCCCCCCCCCCCCCC)COP(=O)(O)OCCN. The molecule has 9 nitrogen and oxygen atoms in total. The molecule has 0 saturated heterocycles. The average Bonchev–Trinajstić information content (AvgIpc) is 3.54. The van der Waals surface area contributed by atoms with Crippen LogP contribution in [0.1, 0.15) is 380 Å². The van der Waals surface area contributed by atoms with E-state index in [9.17, 15) is 19.0 Å². The van der Waals surface area contributed by atoms with Gasteiger partial charge in [-0.15, -0.1) is 0 Å². The van der Waals surface area contributed by atoms with Crippen LogP contribution in [0.2, 0.25) is 0 Å². The summed E-state index contributed by atoms with van der Waals surface area (Å²) in [7, 11) is -4.41. The van der Waals surface area contributed by atoms with Crippen LogP contribution in [0, 0.1) is 0 Å². The molecule has 0 fully saturated rings. The molecule has 3 N–H and O–H groups in total. The number of hydrogen-bond donors (Lipinski definition) is 2. The Kier molecular flexibility index (Phi) is 74.4. The highest BCUT2D eigenvalue weighted by Crippen LogP contribution is 2.43. The first kappa shape index (κ1) is 88.9. The molecule has 0 radical (unpaired) electrons. The minimum atomic E-state index is -4.41. The van der Waals surface area contributed by atoms with E-state index < -0.39 is 26.5 Å². The van der Waals surface area contributed by atoms with Gasteiger partial charge in [-0.05, 0) is 77.0 Å². The summed E-state index contributed by atoms with van der Waals surface area (Å²) in [6.45, 7) is 3.66. The normalized spacial score (nSPS) is 13.4. The lowest BCUT2D eigenvalue weighted by Crippen LogP contribution is -2.29. The molecule has 92 heavy (non-hydrogen) atoms. The number of allylic oxidation sites excluding steroid dienone is 16. The van der Waals surface area contributed by atoms with E-state index in [4.69, 9.17) is 24.3 Å². The minimum Gasteiger partial charge on any atom is -0.462 e. The number of esters is 2. The monoisotopic (exact) mass is 1310 g/mol. The number of carbonyl (C=O) groups is 2. The smallest absolute Gasteiger partial charge is 0.462 e. The third kappa shape index (κ3) is 76.0. The summed E-state index contributed by atoms with van der Waals surface area (Å²) in [5.74, 6) is -0.835. The molecule has 0 aliphatic rings. The molecule has 0 heterocycles. The Morgan fingerprint density at radius 3 is 0.891 bits per heavy atom. The number of nitrogens with two attached hydrogens (primary N) is 1. The van der Waals surface area contributed by atoms with Gasteiger partial charge in [0.2, 0.25) is 0 Å². The second kappa shape index (κ2) is 76.9. The molecule has 0 amide bonds. The van der Waals surface area contributed by atoms with E-state index in [1.807, 2.05) is 0 Å². The molecule has 0 spiro atoms. The molecule has 0 aliphatic carbocycles. The summed E-state index contributed by atoms with van der Waals surface area (Å²) in [4.78, 5) is 35.4. The highest BCUT2D eigenvalue weighted by atomic mass is 31.2. The van der Waals surface area contributed by atoms with Crippen molar-refractivity contribution in [3.05, 3.63) is 97.2 Å². The molecule has 0 aromatic carbocycles. The number of unbranched alkanes of at least 4 members (excludes halogenated alkanes) is 45. The van der Waals surface area contributed by atoms with Gasteiger partial charge in [0.15, 0.2) is 6.10 Å². The molecule has 534 valence electrons. The standard InChI is InChI=1S/C82H148NO8P/c1-3-5-7-9-11-13-15-17-19-21-23-25-27-29-31-33-35-36-37-38-39-40-41-42-43-45-46-48-50-52-54-56-58-60-62-64-66-68-70-72-74-81(84)88-78-80(79-90-92(86,87)89-77-76-83)91-82(85)75-73-71-69-67-65-63-61-59-57-55-53-51-49-47-44-34-32-30-28-26-24-22-20-18-16-14-12-10-8-6-4-2/h6,8,12,14,18,20,24,26,30,32,44,47,51,53,57,59,80H,3-5,7,9-11,13,15-17,19,21-23,25,27-29,31,33-43,45-46,48-50,52,54-56,58,60-79,83H2,1-2H3,(H,86,87)/b8-6-,14-12-,20-18-,26-24-,32-30-,47-44-,53-51-,59-57-. The van der Waals surface area contributed by atoms with E-state index >= 15 is 0 Å². The topological polar surface area (TPSA) is 134 Å². The molecule has 0 aromatic rings. The van der Waals surface area contributed by atoms with Crippen molar-refractivity contribution in [1.82, 2.24) is 0 Å². The average molecular weight is 1310 g/mol. The van der Waals surface area contributed by atoms with Crippen molar-refractivity contribution in [1.29, 1.82) is 0 Å². The number of carbonyl (C=O) groups excluding carboxylic acids is 2. The van der Waals surface area contributed by atoms with Crippen LogP contribution in [-0.4, -0.2) is 49.3 Å². The van der Waals surface area contributed by atoms with E-state index in [2.05, 4.69) is 111 Å². The second-order valence-electron chi connectivity index (χ2n) is 26.2. The van der Waals surface area contributed by atoms with Gasteiger partial charge in [-0.1, -0.05) is 387 Å². The molecule has 0 bridgehead atoms. The zero-order valence-corrected chi connectivity index (χ0v) is 61.2. The van der Waals surface area contributed by atoms with Crippen LogP contribution < -0.4 is 5.73 Å². The summed E-state index contributed by atoms with van der Waals surface area (Å²) in [5.41, 5.74) is 5.41. The van der Waals surface area contributed by atoms with Gasteiger partial charge in [-0.3, -0.25) is 18.6 Å². The molecule has 2 atom stereocenters. The first-order valence-electron chi connectivity index (χ1n) is 39.2. The maximum atomic E-state index is 12.8. The Bertz CT molecular complexity index is 1830. The van der Waals surface area contributed by atoms with Crippen molar-refractivity contribution in [3.8, 4) is 0 Å². The predicted molar refractivity (Wildman–Crippen MR) is 399 cm³/mol. The van der Waals surface area contributed by atoms with E-state index in [0.29, 0.717) is 6.42 Å². The van der Waals surface area contributed by atoms with Crippen molar-refractivity contribution in [3.63, 3.8) is 0 Å². The third-order valence-corrected chi connectivity index (χ3v) is 18.2. The van der Waals surface area contributed by atoms with Gasteiger partial charge in [0.1, 0.15) is 6.61 Å². The Morgan fingerprint density at radius 1 is 0.337 bits per heavy atom. The van der Waals surface area contributed by atoms with E-state index in [1.54, 1.807) is 0 Å². The lowest BCUT2D eigenvalue weighted by Gasteiger charge is -2.19. The third-order valence-electron chi connectivity index (χ3n) is 17.2. The Morgan fingerprint density at radius 2 is 0.598 bits per heavy atom. The van der Waals surface area contributed by atoms with Crippen molar-refractivity contribution in [2.45, 2.75) is 386 Å². The summed E-state index contributed by atoms with van der Waals surface area (Å²) >= 11 is 0. The number of phosphoric acid groups is 1. The first-order chi connectivity index (χ1) is 45.3. The highest BCUT2D eigenvalue weighted by Gasteiger charge is 2.26. The lowest BCUT2D eigenvalue weighted by atomic mass is 10.0. The first-order valence-corrected chi connectivity index (χ1v) is 40.7. The molecule has 2 unspecified atom stereocenters. The zero-order valence-electron chi connectivity index (χ0n) is 60.3. The Hall–Kier alpha value is -3.07. The van der Waals surface area contributed by atoms with Gasteiger partial charge in [0, 0.05) is 19.4 Å². The fourth-order valence-electron chi connectivity index (χ4n) is 11.5. The molecule has 0 rings (SSSR count). The molecule has 0 aliphatic heterocycles. The van der Waals surface area contributed by atoms with Crippen LogP contribution in [0.25, 0.3) is 0 Å². The lowest BCUT2D eigenvalue weighted by molar-refractivity contribution is -0.161. The maximum absolute atomic E-state index is 12.8. The molecule has 10 heteroatoms. The van der Waals surface area contributed by atoms with Crippen molar-refractivity contribution < 1.29 is 37.6 Å². The van der Waals surface area contributed by atoms with Crippen molar-refractivity contribution in [2.24, 2.45) is 5.73 Å². The summed E-state index contributed by atoms with van der Waals surface area (Å²) < 4.78 is 33.2. The van der Waals surface area contributed by atoms with Crippen LogP contribution in [0.4, 0.5) is 0 Å². The number of rotatable bonds is 74. The van der Waals surface area contributed by atoms with Crippen molar-refractivity contribution >= 4 is 19.8 Å². The summed E-state index contributed by atoms with van der Waals surface area (Å²) in [6, 6.07) is 0. The minimum absolute atomic E-state index is 0.0475. The number of ether oxygens (including phenoxy) is 2. The van der Waals surface area contributed by atoms with Crippen molar-refractivity contribution in [2.75, 3.05) is 26.4 Å². The summed E-state index contributed by atoms with van der Waals surface area (Å²) in [5, 5.41) is 0. The second-order valence-corrected chi connectivity index (χ2v) is 27.7. The zero-order chi connectivity index (χ0) is 66.5. The van der Waals surface area contributed by atoms with Crippen LogP contribution in [0.3, 0.4) is 0 Å². The molecule has 0 saturated carbocycles. The molecular weight excluding hydrogens is 1160 g/mol. The molecular formula is C82H148NO8P. The largest absolute Gasteiger partial charge is 0.472 e. The summed E-state index contributed by atoms with van der Waals surface area (Å²) in [6.07, 6.45) is 106. The van der Waals surface area contributed by atoms with Crippen LogP contribution in [-0.2, 0) is 32.7 Å². The van der Waals surface area contributed by atoms with Gasteiger partial charge >= 0.3 is 19.8 Å².